The quantitative estimate of drug-likeness (QED) is 0.525. The number of carboxylic acids is 1. The number of aliphatic carboxylic acids is 1. The van der Waals surface area contributed by atoms with Gasteiger partial charge in [-0.15, -0.1) is 0 Å². The van der Waals surface area contributed by atoms with E-state index in [1.807, 2.05) is 18.2 Å². The summed E-state index contributed by atoms with van der Waals surface area (Å²) in [5, 5.41) is 12.8. The predicted octanol–water partition coefficient (Wildman–Crippen LogP) is 3.56. The van der Waals surface area contributed by atoms with Crippen molar-refractivity contribution in [1.29, 1.82) is 0 Å². The minimum absolute atomic E-state index is 0.141. The zero-order valence-corrected chi connectivity index (χ0v) is 18.5. The molecule has 1 atom stereocenters. The molecular formula is C24H25N3O6. The summed E-state index contributed by atoms with van der Waals surface area (Å²) >= 11 is 0. The molecule has 1 aromatic heterocycles. The zero-order valence-electron chi connectivity index (χ0n) is 18.5. The molecule has 1 fully saturated rings. The van der Waals surface area contributed by atoms with Crippen LogP contribution >= 0.6 is 0 Å². The molecule has 0 bridgehead atoms. The summed E-state index contributed by atoms with van der Waals surface area (Å²) in [6.07, 6.45) is 2.61. The lowest BCUT2D eigenvalue weighted by molar-refractivity contribution is -0.138. The van der Waals surface area contributed by atoms with Crippen LogP contribution < -0.4 is 14.8 Å². The largest absolute Gasteiger partial charge is 0.496 e. The molecule has 2 heterocycles. The van der Waals surface area contributed by atoms with E-state index < -0.39 is 18.0 Å². The van der Waals surface area contributed by atoms with Crippen LogP contribution in [0.25, 0.3) is 22.4 Å². The molecule has 0 unspecified atom stereocenters. The molecule has 0 radical (unpaired) electrons. The van der Waals surface area contributed by atoms with Gasteiger partial charge >= 0.3 is 11.9 Å². The third kappa shape index (κ3) is 3.83. The fourth-order valence-electron chi connectivity index (χ4n) is 4.37. The van der Waals surface area contributed by atoms with Crippen molar-refractivity contribution in [3.8, 4) is 22.9 Å². The normalized spacial score (nSPS) is 15.9. The number of aryl methyl sites for hydroxylation is 1. The van der Waals surface area contributed by atoms with E-state index in [9.17, 15) is 14.7 Å². The molecule has 0 spiro atoms. The Hall–Kier alpha value is -3.75. The summed E-state index contributed by atoms with van der Waals surface area (Å²) < 4.78 is 18.3. The number of benzene rings is 2. The van der Waals surface area contributed by atoms with E-state index in [2.05, 4.69) is 9.88 Å². The van der Waals surface area contributed by atoms with Gasteiger partial charge in [0.2, 0.25) is 0 Å². The highest BCUT2D eigenvalue weighted by atomic mass is 16.5. The highest BCUT2D eigenvalue weighted by Gasteiger charge is 2.36. The number of anilines is 1. The van der Waals surface area contributed by atoms with E-state index in [0.717, 1.165) is 30.3 Å². The Kier molecular flexibility index (Phi) is 5.32. The van der Waals surface area contributed by atoms with Crippen molar-refractivity contribution in [1.82, 2.24) is 9.55 Å². The van der Waals surface area contributed by atoms with Gasteiger partial charge in [0.05, 0.1) is 26.3 Å². The number of ether oxygens (including phenoxy) is 3. The van der Waals surface area contributed by atoms with Crippen molar-refractivity contribution in [3.63, 3.8) is 0 Å². The summed E-state index contributed by atoms with van der Waals surface area (Å²) in [6, 6.07) is 8.37. The van der Waals surface area contributed by atoms with Gasteiger partial charge in [-0.3, -0.25) is 0 Å². The Morgan fingerprint density at radius 2 is 2.06 bits per heavy atom. The molecule has 1 saturated carbocycles. The van der Waals surface area contributed by atoms with Gasteiger partial charge in [-0.25, -0.2) is 14.6 Å². The van der Waals surface area contributed by atoms with E-state index in [1.54, 1.807) is 12.1 Å². The Morgan fingerprint density at radius 1 is 1.24 bits per heavy atom. The maximum absolute atomic E-state index is 12.3. The third-order valence-corrected chi connectivity index (χ3v) is 6.14. The van der Waals surface area contributed by atoms with Gasteiger partial charge in [-0.1, -0.05) is 0 Å². The molecule has 2 aliphatic rings. The smallest absolute Gasteiger partial charge is 0.341 e. The molecule has 33 heavy (non-hydrogen) atoms. The summed E-state index contributed by atoms with van der Waals surface area (Å²) in [6.45, 7) is 1.24. The van der Waals surface area contributed by atoms with Crippen LogP contribution in [0.5, 0.6) is 11.5 Å². The van der Waals surface area contributed by atoms with E-state index in [0.29, 0.717) is 47.2 Å². The van der Waals surface area contributed by atoms with Crippen LogP contribution in [-0.2, 0) is 16.1 Å². The number of imidazole rings is 1. The SMILES string of the molecule is COC(=O)c1cc(-c2nc3cc(N[C@H](C(=O)O)C4CC4)cc4c3n2CCCO4)ccc1OC. The standard InChI is InChI=1S/C24H25N3O6/c1-31-18-7-6-14(10-16(18)24(30)32-2)22-26-17-11-15(25-20(23(28)29)13-4-5-13)12-19-21(17)27(22)8-3-9-33-19/h6-7,10-13,20,25H,3-5,8-9H2,1-2H3,(H,28,29)/t20-/m0/s1. The van der Waals surface area contributed by atoms with Gasteiger partial charge in [-0.05, 0) is 49.4 Å². The number of nitrogens with zero attached hydrogens (tertiary/aromatic N) is 2. The molecule has 9 nitrogen and oxygen atoms in total. The number of methoxy groups -OCH3 is 2. The van der Waals surface area contributed by atoms with Crippen molar-refractivity contribution in [2.45, 2.75) is 31.8 Å². The molecular weight excluding hydrogens is 426 g/mol. The Labute approximate surface area is 190 Å². The first-order valence-corrected chi connectivity index (χ1v) is 10.9. The summed E-state index contributed by atoms with van der Waals surface area (Å²) in [4.78, 5) is 28.8. The number of hydrogen-bond acceptors (Lipinski definition) is 7. The summed E-state index contributed by atoms with van der Waals surface area (Å²) in [5.74, 6) is 0.571. The maximum Gasteiger partial charge on any atom is 0.341 e. The average Bonchev–Trinajstić information content (AvgIpc) is 3.62. The van der Waals surface area contributed by atoms with E-state index in [4.69, 9.17) is 19.2 Å². The minimum Gasteiger partial charge on any atom is -0.496 e. The number of rotatable bonds is 7. The van der Waals surface area contributed by atoms with E-state index in [1.165, 1.54) is 14.2 Å². The molecule has 0 amide bonds. The van der Waals surface area contributed by atoms with Crippen molar-refractivity contribution < 1.29 is 28.9 Å². The third-order valence-electron chi connectivity index (χ3n) is 6.14. The van der Waals surface area contributed by atoms with Crippen molar-refractivity contribution in [2.75, 3.05) is 26.1 Å². The topological polar surface area (TPSA) is 112 Å². The molecule has 1 aliphatic heterocycles. The Balaban J connectivity index is 1.61. The summed E-state index contributed by atoms with van der Waals surface area (Å²) in [7, 11) is 2.83. The van der Waals surface area contributed by atoms with Gasteiger partial charge in [0, 0.05) is 23.9 Å². The monoisotopic (exact) mass is 451 g/mol. The van der Waals surface area contributed by atoms with E-state index >= 15 is 0 Å². The van der Waals surface area contributed by atoms with Crippen LogP contribution in [0.1, 0.15) is 29.6 Å². The van der Waals surface area contributed by atoms with Crippen LogP contribution in [0, 0.1) is 5.92 Å². The lowest BCUT2D eigenvalue weighted by Gasteiger charge is -2.16. The van der Waals surface area contributed by atoms with Crippen molar-refractivity contribution in [3.05, 3.63) is 35.9 Å². The number of nitrogens with one attached hydrogen (secondary N) is 1. The first-order valence-electron chi connectivity index (χ1n) is 10.9. The average molecular weight is 451 g/mol. The van der Waals surface area contributed by atoms with Gasteiger partial charge in [-0.2, -0.15) is 0 Å². The van der Waals surface area contributed by atoms with Crippen LogP contribution in [0.2, 0.25) is 0 Å². The van der Waals surface area contributed by atoms with Crippen LogP contribution in [0.4, 0.5) is 5.69 Å². The Morgan fingerprint density at radius 3 is 2.76 bits per heavy atom. The van der Waals surface area contributed by atoms with Gasteiger partial charge in [0.15, 0.2) is 0 Å². The van der Waals surface area contributed by atoms with Gasteiger partial charge in [0.25, 0.3) is 0 Å². The number of hydrogen-bond donors (Lipinski definition) is 2. The Bertz CT molecular complexity index is 1250. The molecule has 2 N–H and O–H groups in total. The van der Waals surface area contributed by atoms with Gasteiger partial charge in [0.1, 0.15) is 34.4 Å². The first kappa shape index (κ1) is 21.1. The predicted molar refractivity (Wildman–Crippen MR) is 121 cm³/mol. The van der Waals surface area contributed by atoms with Crippen LogP contribution in [0.3, 0.4) is 0 Å². The second-order valence-electron chi connectivity index (χ2n) is 8.34. The van der Waals surface area contributed by atoms with Crippen LogP contribution in [-0.4, -0.2) is 53.5 Å². The molecule has 1 aliphatic carbocycles. The fraction of sp³-hybridized carbons (Fsp3) is 0.375. The lowest BCUT2D eigenvalue weighted by Crippen LogP contribution is -2.31. The number of carboxylic acid groups (broad SMARTS) is 1. The number of aromatic nitrogens is 2. The molecule has 2 aromatic carbocycles. The summed E-state index contributed by atoms with van der Waals surface area (Å²) in [5.41, 5.74) is 3.28. The second kappa shape index (κ2) is 8.31. The number of carbonyl (C=O) groups is 2. The van der Waals surface area contributed by atoms with Crippen LogP contribution in [0.15, 0.2) is 30.3 Å². The van der Waals surface area contributed by atoms with E-state index in [-0.39, 0.29) is 5.92 Å². The highest BCUT2D eigenvalue weighted by molar-refractivity contribution is 5.95. The zero-order chi connectivity index (χ0) is 23.1. The lowest BCUT2D eigenvalue weighted by atomic mass is 10.1. The highest BCUT2D eigenvalue weighted by Crippen LogP contribution is 2.39. The molecule has 0 saturated heterocycles. The second-order valence-corrected chi connectivity index (χ2v) is 8.34. The number of esters is 1. The van der Waals surface area contributed by atoms with Crippen molar-refractivity contribution in [2.24, 2.45) is 5.92 Å². The minimum atomic E-state index is -0.857. The first-order chi connectivity index (χ1) is 16.0. The number of carbonyl (C=O) groups excluding carboxylic acids is 1. The molecule has 3 aromatic rings. The maximum atomic E-state index is 12.3. The van der Waals surface area contributed by atoms with Gasteiger partial charge < -0.3 is 29.2 Å². The molecule has 5 rings (SSSR count). The van der Waals surface area contributed by atoms with Crippen molar-refractivity contribution >= 4 is 28.7 Å². The fourth-order valence-corrected chi connectivity index (χ4v) is 4.37. The molecule has 172 valence electrons. The molecule has 9 heteroatoms.